The van der Waals surface area contributed by atoms with Crippen molar-refractivity contribution < 1.29 is 22.7 Å². The summed E-state index contributed by atoms with van der Waals surface area (Å²) in [7, 11) is -0.388. The van der Waals surface area contributed by atoms with E-state index in [0.29, 0.717) is 22.3 Å². The molecule has 0 saturated carbocycles. The number of carbonyl (C=O) groups excluding carboxylic acids is 1. The van der Waals surface area contributed by atoms with Crippen molar-refractivity contribution in [1.29, 1.82) is 0 Å². The van der Waals surface area contributed by atoms with Crippen LogP contribution in [0.5, 0.6) is 11.5 Å². The number of rotatable bonds is 8. The minimum absolute atomic E-state index is 0.150. The molecule has 1 heterocycles. The summed E-state index contributed by atoms with van der Waals surface area (Å²) in [6.07, 6.45) is -0.150. The van der Waals surface area contributed by atoms with Gasteiger partial charge in [0, 0.05) is 17.4 Å². The van der Waals surface area contributed by atoms with Gasteiger partial charge in [-0.05, 0) is 30.3 Å². The summed E-state index contributed by atoms with van der Waals surface area (Å²) in [5, 5.41) is 4.86. The largest absolute Gasteiger partial charge is 0.493 e. The van der Waals surface area contributed by atoms with Gasteiger partial charge in [0.25, 0.3) is 0 Å². The van der Waals surface area contributed by atoms with Crippen molar-refractivity contribution in [3.8, 4) is 22.8 Å². The van der Waals surface area contributed by atoms with Gasteiger partial charge in [0.1, 0.15) is 0 Å². The molecule has 1 aromatic heterocycles. The summed E-state index contributed by atoms with van der Waals surface area (Å²) in [5.41, 5.74) is 1.48. The van der Waals surface area contributed by atoms with E-state index in [0.717, 1.165) is 5.56 Å². The molecule has 0 atom stereocenters. The number of aromatic nitrogens is 1. The van der Waals surface area contributed by atoms with Crippen molar-refractivity contribution in [2.45, 2.75) is 11.3 Å². The Hall–Kier alpha value is -2.91. The van der Waals surface area contributed by atoms with Crippen LogP contribution in [0.25, 0.3) is 11.3 Å². The van der Waals surface area contributed by atoms with E-state index in [9.17, 15) is 13.2 Å². The highest BCUT2D eigenvalue weighted by atomic mass is 32.2. The lowest BCUT2D eigenvalue weighted by Crippen LogP contribution is -2.17. The van der Waals surface area contributed by atoms with Gasteiger partial charge < -0.3 is 14.8 Å². The van der Waals surface area contributed by atoms with E-state index >= 15 is 0 Å². The number of nitrogens with one attached hydrogen (secondary N) is 1. The number of methoxy groups -OCH3 is 2. The number of carbonyl (C=O) groups is 1. The smallest absolute Gasteiger partial charge is 0.227 e. The minimum Gasteiger partial charge on any atom is -0.493 e. The molecule has 0 unspecified atom stereocenters. The average molecular weight is 433 g/mol. The SMILES string of the molecule is COc1ccc(-c2csc(NC(=O)CCS(=O)(=O)c3ccccc3)n2)cc1OC. The summed E-state index contributed by atoms with van der Waals surface area (Å²) >= 11 is 1.26. The Bertz CT molecular complexity index is 1100. The number of amides is 1. The first-order valence-electron chi connectivity index (χ1n) is 8.68. The number of thiazole rings is 1. The van der Waals surface area contributed by atoms with Gasteiger partial charge in [0.05, 0.1) is 30.6 Å². The van der Waals surface area contributed by atoms with Gasteiger partial charge in [-0.3, -0.25) is 4.79 Å². The Morgan fingerprint density at radius 2 is 1.79 bits per heavy atom. The van der Waals surface area contributed by atoms with Gasteiger partial charge in [0.15, 0.2) is 26.5 Å². The van der Waals surface area contributed by atoms with E-state index in [1.807, 2.05) is 6.07 Å². The Morgan fingerprint density at radius 1 is 1.07 bits per heavy atom. The molecule has 0 radical (unpaired) electrons. The molecule has 0 aliphatic heterocycles. The molecule has 3 aromatic rings. The number of benzene rings is 2. The zero-order valence-corrected chi connectivity index (χ0v) is 17.5. The molecule has 0 fully saturated rings. The van der Waals surface area contributed by atoms with Crippen molar-refractivity contribution in [3.05, 3.63) is 53.9 Å². The minimum atomic E-state index is -3.50. The van der Waals surface area contributed by atoms with Gasteiger partial charge in [-0.2, -0.15) is 0 Å². The number of hydrogen-bond acceptors (Lipinski definition) is 7. The lowest BCUT2D eigenvalue weighted by Gasteiger charge is -2.08. The number of hydrogen-bond donors (Lipinski definition) is 1. The Morgan fingerprint density at radius 3 is 2.48 bits per heavy atom. The zero-order valence-electron chi connectivity index (χ0n) is 15.9. The van der Waals surface area contributed by atoms with Crippen LogP contribution in [0.4, 0.5) is 5.13 Å². The van der Waals surface area contributed by atoms with Crippen LogP contribution in [0.3, 0.4) is 0 Å². The highest BCUT2D eigenvalue weighted by molar-refractivity contribution is 7.91. The van der Waals surface area contributed by atoms with Crippen molar-refractivity contribution in [2.24, 2.45) is 0 Å². The maximum absolute atomic E-state index is 12.3. The molecule has 0 spiro atoms. The van der Waals surface area contributed by atoms with Gasteiger partial charge in [-0.25, -0.2) is 13.4 Å². The van der Waals surface area contributed by atoms with E-state index in [1.54, 1.807) is 49.9 Å². The number of ether oxygens (including phenoxy) is 2. The second kappa shape index (κ2) is 9.06. The maximum Gasteiger partial charge on any atom is 0.227 e. The second-order valence-corrected chi connectivity index (χ2v) is 9.01. The molecule has 7 nitrogen and oxygen atoms in total. The molecule has 2 aromatic carbocycles. The predicted octanol–water partition coefficient (Wildman–Crippen LogP) is 3.63. The molecule has 9 heteroatoms. The van der Waals surface area contributed by atoms with Crippen LogP contribution < -0.4 is 14.8 Å². The van der Waals surface area contributed by atoms with Crippen molar-refractivity contribution in [3.63, 3.8) is 0 Å². The van der Waals surface area contributed by atoms with Crippen molar-refractivity contribution in [2.75, 3.05) is 25.3 Å². The summed E-state index contributed by atoms with van der Waals surface area (Å²) in [4.78, 5) is 16.8. The summed E-state index contributed by atoms with van der Waals surface area (Å²) in [5.74, 6) is 0.517. The van der Waals surface area contributed by atoms with E-state index in [2.05, 4.69) is 10.3 Å². The van der Waals surface area contributed by atoms with Crippen LogP contribution in [0.1, 0.15) is 6.42 Å². The third-order valence-electron chi connectivity index (χ3n) is 4.13. The molecule has 3 rings (SSSR count). The van der Waals surface area contributed by atoms with Crippen LogP contribution in [-0.4, -0.2) is 39.3 Å². The quantitative estimate of drug-likeness (QED) is 0.584. The predicted molar refractivity (Wildman–Crippen MR) is 112 cm³/mol. The van der Waals surface area contributed by atoms with E-state index in [-0.39, 0.29) is 17.1 Å². The van der Waals surface area contributed by atoms with Crippen LogP contribution in [0.15, 0.2) is 58.8 Å². The van der Waals surface area contributed by atoms with Crippen LogP contribution in [0.2, 0.25) is 0 Å². The second-order valence-electron chi connectivity index (χ2n) is 6.04. The molecule has 29 heavy (non-hydrogen) atoms. The molecule has 152 valence electrons. The monoisotopic (exact) mass is 432 g/mol. The third kappa shape index (κ3) is 5.12. The van der Waals surface area contributed by atoms with Crippen molar-refractivity contribution >= 4 is 32.2 Å². The molecular weight excluding hydrogens is 412 g/mol. The topological polar surface area (TPSA) is 94.6 Å². The fraction of sp³-hybridized carbons (Fsp3) is 0.200. The molecule has 1 N–H and O–H groups in total. The fourth-order valence-electron chi connectivity index (χ4n) is 2.61. The normalized spacial score (nSPS) is 11.1. The number of anilines is 1. The molecule has 0 aliphatic carbocycles. The Kier molecular flexibility index (Phi) is 6.50. The molecule has 1 amide bonds. The van der Waals surface area contributed by atoms with Gasteiger partial charge in [-0.15, -0.1) is 11.3 Å². The molecule has 0 saturated heterocycles. The average Bonchev–Trinajstić information content (AvgIpc) is 3.21. The summed E-state index contributed by atoms with van der Waals surface area (Å²) < 4.78 is 35.1. The molecular formula is C20H20N2O5S2. The Balaban J connectivity index is 1.63. The zero-order chi connectivity index (χ0) is 20.9. The van der Waals surface area contributed by atoms with Crippen LogP contribution in [0, 0.1) is 0 Å². The van der Waals surface area contributed by atoms with Gasteiger partial charge in [-0.1, -0.05) is 18.2 Å². The van der Waals surface area contributed by atoms with Gasteiger partial charge >= 0.3 is 0 Å². The lowest BCUT2D eigenvalue weighted by atomic mass is 10.1. The highest BCUT2D eigenvalue weighted by Gasteiger charge is 2.17. The third-order valence-corrected chi connectivity index (χ3v) is 6.62. The summed E-state index contributed by atoms with van der Waals surface area (Å²) in [6, 6.07) is 13.5. The lowest BCUT2D eigenvalue weighted by molar-refractivity contribution is -0.115. The van der Waals surface area contributed by atoms with Crippen molar-refractivity contribution in [1.82, 2.24) is 4.98 Å². The van der Waals surface area contributed by atoms with Crippen LogP contribution >= 0.6 is 11.3 Å². The fourth-order valence-corrected chi connectivity index (χ4v) is 4.61. The number of nitrogens with zero attached hydrogens (tertiary/aromatic N) is 1. The highest BCUT2D eigenvalue weighted by Crippen LogP contribution is 2.33. The Labute approximate surface area is 173 Å². The first kappa shape index (κ1) is 20.8. The number of sulfone groups is 1. The van der Waals surface area contributed by atoms with Crippen LogP contribution in [-0.2, 0) is 14.6 Å². The first-order chi connectivity index (χ1) is 13.9. The van der Waals surface area contributed by atoms with E-state index < -0.39 is 15.7 Å². The molecule has 0 aliphatic rings. The summed E-state index contributed by atoms with van der Waals surface area (Å²) in [6.45, 7) is 0. The maximum atomic E-state index is 12.3. The van der Waals surface area contributed by atoms with E-state index in [1.165, 1.54) is 23.5 Å². The first-order valence-corrected chi connectivity index (χ1v) is 11.2. The standard InChI is InChI=1S/C20H20N2O5S2/c1-26-17-9-8-14(12-18(17)27-2)16-13-28-20(21-16)22-19(23)10-11-29(24,25)15-6-4-3-5-7-15/h3-9,12-13H,10-11H2,1-2H3,(H,21,22,23). The molecule has 0 bridgehead atoms. The van der Waals surface area contributed by atoms with Gasteiger partial charge in [0.2, 0.25) is 5.91 Å². The van der Waals surface area contributed by atoms with E-state index in [4.69, 9.17) is 9.47 Å².